The molecule has 2 amide bonds. The van der Waals surface area contributed by atoms with E-state index in [1.165, 1.54) is 0 Å². The molecule has 0 bridgehead atoms. The van der Waals surface area contributed by atoms with Crippen molar-refractivity contribution < 1.29 is 14.7 Å². The fourth-order valence-electron chi connectivity index (χ4n) is 2.10. The van der Waals surface area contributed by atoms with E-state index in [-0.39, 0.29) is 12.1 Å². The normalized spacial score (nSPS) is 21.4. The lowest BCUT2D eigenvalue weighted by molar-refractivity contribution is -0.139. The van der Waals surface area contributed by atoms with E-state index in [1.807, 2.05) is 6.92 Å². The molecule has 0 saturated carbocycles. The number of amides is 2. The molecule has 6 heteroatoms. The van der Waals surface area contributed by atoms with Crippen LogP contribution in [-0.2, 0) is 4.79 Å². The van der Waals surface area contributed by atoms with E-state index in [4.69, 9.17) is 10.8 Å². The molecule has 104 valence electrons. The van der Waals surface area contributed by atoms with Crippen molar-refractivity contribution in [2.24, 2.45) is 5.73 Å². The summed E-state index contributed by atoms with van der Waals surface area (Å²) in [5.41, 5.74) is 5.80. The van der Waals surface area contributed by atoms with E-state index >= 15 is 0 Å². The van der Waals surface area contributed by atoms with Crippen molar-refractivity contribution in [3.8, 4) is 0 Å². The summed E-state index contributed by atoms with van der Waals surface area (Å²) >= 11 is 0. The lowest BCUT2D eigenvalue weighted by atomic mass is 10.1. The Morgan fingerprint density at radius 1 is 1.56 bits per heavy atom. The van der Waals surface area contributed by atoms with E-state index in [0.717, 1.165) is 25.7 Å². The number of nitrogens with one attached hydrogen (secondary N) is 1. The fraction of sp³-hybridized carbons (Fsp3) is 0.833. The minimum Gasteiger partial charge on any atom is -0.480 e. The molecule has 1 aliphatic heterocycles. The van der Waals surface area contributed by atoms with E-state index in [1.54, 1.807) is 4.90 Å². The minimum atomic E-state index is -0.974. The van der Waals surface area contributed by atoms with Gasteiger partial charge in [-0.15, -0.1) is 0 Å². The first kappa shape index (κ1) is 14.8. The van der Waals surface area contributed by atoms with Crippen LogP contribution in [0.25, 0.3) is 0 Å². The van der Waals surface area contributed by atoms with Crippen LogP contribution >= 0.6 is 0 Å². The van der Waals surface area contributed by atoms with E-state index in [0.29, 0.717) is 19.5 Å². The van der Waals surface area contributed by atoms with Crippen molar-refractivity contribution in [1.82, 2.24) is 10.2 Å². The van der Waals surface area contributed by atoms with Crippen LogP contribution < -0.4 is 11.1 Å². The third-order valence-corrected chi connectivity index (χ3v) is 3.19. The third kappa shape index (κ3) is 4.52. The quantitative estimate of drug-likeness (QED) is 0.677. The molecule has 1 unspecified atom stereocenters. The summed E-state index contributed by atoms with van der Waals surface area (Å²) in [4.78, 5) is 24.6. The van der Waals surface area contributed by atoms with Gasteiger partial charge in [-0.25, -0.2) is 9.59 Å². The first-order chi connectivity index (χ1) is 8.54. The van der Waals surface area contributed by atoms with Gasteiger partial charge in [0.2, 0.25) is 0 Å². The second-order valence-corrected chi connectivity index (χ2v) is 4.83. The maximum absolute atomic E-state index is 11.9. The van der Waals surface area contributed by atoms with Gasteiger partial charge < -0.3 is 21.1 Å². The van der Waals surface area contributed by atoms with E-state index < -0.39 is 12.0 Å². The maximum atomic E-state index is 11.9. The Morgan fingerprint density at radius 3 is 2.83 bits per heavy atom. The summed E-state index contributed by atoms with van der Waals surface area (Å²) < 4.78 is 0. The number of nitrogens with zero attached hydrogens (tertiary/aromatic N) is 1. The predicted octanol–water partition coefficient (Wildman–Crippen LogP) is 0.763. The number of carbonyl (C=O) groups is 2. The number of likely N-dealkylation sites (tertiary alicyclic amines) is 1. The van der Waals surface area contributed by atoms with Gasteiger partial charge in [-0.2, -0.15) is 0 Å². The summed E-state index contributed by atoms with van der Waals surface area (Å²) in [7, 11) is 0. The van der Waals surface area contributed by atoms with Crippen LogP contribution in [0.15, 0.2) is 0 Å². The highest BCUT2D eigenvalue weighted by Crippen LogP contribution is 2.09. The van der Waals surface area contributed by atoms with Gasteiger partial charge in [0.15, 0.2) is 0 Å². The van der Waals surface area contributed by atoms with Crippen molar-refractivity contribution in [2.75, 3.05) is 13.1 Å². The molecule has 0 spiro atoms. The summed E-state index contributed by atoms with van der Waals surface area (Å²) in [6.45, 7) is 3.15. The van der Waals surface area contributed by atoms with Gasteiger partial charge in [0.05, 0.1) is 0 Å². The SMILES string of the molecule is CCCC[C@H](NC(=O)N1CCCC(N)C1)C(=O)O. The molecule has 1 aliphatic rings. The van der Waals surface area contributed by atoms with Crippen molar-refractivity contribution in [3.05, 3.63) is 0 Å². The van der Waals surface area contributed by atoms with Gasteiger partial charge >= 0.3 is 12.0 Å². The van der Waals surface area contributed by atoms with E-state index in [9.17, 15) is 9.59 Å². The minimum absolute atomic E-state index is 0.00317. The summed E-state index contributed by atoms with van der Waals surface area (Å²) in [5.74, 6) is -0.974. The second kappa shape index (κ2) is 7.20. The highest BCUT2D eigenvalue weighted by molar-refractivity contribution is 5.82. The van der Waals surface area contributed by atoms with Crippen molar-refractivity contribution in [3.63, 3.8) is 0 Å². The lowest BCUT2D eigenvalue weighted by Crippen LogP contribution is -2.53. The molecule has 6 nitrogen and oxygen atoms in total. The van der Waals surface area contributed by atoms with Crippen LogP contribution in [0.3, 0.4) is 0 Å². The van der Waals surface area contributed by atoms with E-state index in [2.05, 4.69) is 5.32 Å². The molecule has 18 heavy (non-hydrogen) atoms. The summed E-state index contributed by atoms with van der Waals surface area (Å²) in [5, 5.41) is 11.6. The molecule has 0 aromatic carbocycles. The Hall–Kier alpha value is -1.30. The Morgan fingerprint density at radius 2 is 2.28 bits per heavy atom. The molecular weight excluding hydrogens is 234 g/mol. The molecule has 0 radical (unpaired) electrons. The Kier molecular flexibility index (Phi) is 5.91. The zero-order chi connectivity index (χ0) is 13.5. The fourth-order valence-corrected chi connectivity index (χ4v) is 2.10. The van der Waals surface area contributed by atoms with Crippen LogP contribution in [0.5, 0.6) is 0 Å². The number of carboxylic acids is 1. The number of hydrogen-bond donors (Lipinski definition) is 3. The van der Waals surface area contributed by atoms with Crippen LogP contribution in [-0.4, -0.2) is 47.2 Å². The molecule has 1 saturated heterocycles. The number of hydrogen-bond acceptors (Lipinski definition) is 3. The number of piperidine rings is 1. The monoisotopic (exact) mass is 257 g/mol. The van der Waals surface area contributed by atoms with Crippen LogP contribution in [0.4, 0.5) is 4.79 Å². The highest BCUT2D eigenvalue weighted by atomic mass is 16.4. The number of urea groups is 1. The summed E-state index contributed by atoms with van der Waals surface area (Å²) in [6.07, 6.45) is 3.96. The Labute approximate surface area is 108 Å². The second-order valence-electron chi connectivity index (χ2n) is 4.83. The molecule has 2 atom stereocenters. The number of rotatable bonds is 5. The predicted molar refractivity (Wildman–Crippen MR) is 68.3 cm³/mol. The highest BCUT2D eigenvalue weighted by Gasteiger charge is 2.25. The average Bonchev–Trinajstić information content (AvgIpc) is 2.33. The lowest BCUT2D eigenvalue weighted by Gasteiger charge is -2.31. The number of carboxylic acid groups (broad SMARTS) is 1. The van der Waals surface area contributed by atoms with Gasteiger partial charge in [0.25, 0.3) is 0 Å². The molecule has 0 aromatic heterocycles. The van der Waals surface area contributed by atoms with Crippen LogP contribution in [0.2, 0.25) is 0 Å². The standard InChI is InChI=1S/C12H23N3O3/c1-2-3-6-10(11(16)17)14-12(18)15-7-4-5-9(13)8-15/h9-10H,2-8,13H2,1H3,(H,14,18)(H,16,17)/t9?,10-/m0/s1. The third-order valence-electron chi connectivity index (χ3n) is 3.19. The Balaban J connectivity index is 2.46. The van der Waals surface area contributed by atoms with Crippen molar-refractivity contribution in [1.29, 1.82) is 0 Å². The Bertz CT molecular complexity index is 296. The number of carbonyl (C=O) groups excluding carboxylic acids is 1. The maximum Gasteiger partial charge on any atom is 0.326 e. The molecule has 4 N–H and O–H groups in total. The van der Waals surface area contributed by atoms with Gasteiger partial charge in [-0.3, -0.25) is 0 Å². The first-order valence-corrected chi connectivity index (χ1v) is 6.58. The molecular formula is C12H23N3O3. The largest absolute Gasteiger partial charge is 0.480 e. The van der Waals surface area contributed by atoms with Gasteiger partial charge in [0.1, 0.15) is 6.04 Å². The molecule has 1 rings (SSSR count). The first-order valence-electron chi connectivity index (χ1n) is 6.58. The smallest absolute Gasteiger partial charge is 0.326 e. The van der Waals surface area contributed by atoms with Crippen molar-refractivity contribution in [2.45, 2.75) is 51.1 Å². The molecule has 1 heterocycles. The zero-order valence-electron chi connectivity index (χ0n) is 10.9. The van der Waals surface area contributed by atoms with Gasteiger partial charge in [0, 0.05) is 19.1 Å². The van der Waals surface area contributed by atoms with Gasteiger partial charge in [-0.05, 0) is 19.3 Å². The van der Waals surface area contributed by atoms with Gasteiger partial charge in [-0.1, -0.05) is 19.8 Å². The zero-order valence-corrected chi connectivity index (χ0v) is 10.9. The van der Waals surface area contributed by atoms with Crippen molar-refractivity contribution >= 4 is 12.0 Å². The average molecular weight is 257 g/mol. The topological polar surface area (TPSA) is 95.7 Å². The van der Waals surface area contributed by atoms with Crippen LogP contribution in [0, 0.1) is 0 Å². The molecule has 0 aliphatic carbocycles. The number of aliphatic carboxylic acids is 1. The number of unbranched alkanes of at least 4 members (excludes halogenated alkanes) is 1. The molecule has 0 aromatic rings. The summed E-state index contributed by atoms with van der Waals surface area (Å²) in [6, 6.07) is -1.10. The number of nitrogens with two attached hydrogens (primary N) is 1. The molecule has 1 fully saturated rings. The van der Waals surface area contributed by atoms with Crippen LogP contribution in [0.1, 0.15) is 39.0 Å².